The summed E-state index contributed by atoms with van der Waals surface area (Å²) in [5, 5.41) is 22.7. The lowest BCUT2D eigenvalue weighted by Crippen LogP contribution is -2.22. The highest BCUT2D eigenvalue weighted by Gasteiger charge is 2.08. The number of rotatable bonds is 9. The third-order valence-electron chi connectivity index (χ3n) is 4.44. The molecule has 1 atom stereocenters. The van der Waals surface area contributed by atoms with Crippen LogP contribution in [-0.4, -0.2) is 29.2 Å². The molecule has 3 N–H and O–H groups in total. The van der Waals surface area contributed by atoms with Crippen molar-refractivity contribution in [2.75, 3.05) is 13.0 Å². The van der Waals surface area contributed by atoms with Crippen molar-refractivity contribution in [1.82, 2.24) is 5.32 Å². The summed E-state index contributed by atoms with van der Waals surface area (Å²) in [6.07, 6.45) is -1.29. The third-order valence-corrected chi connectivity index (χ3v) is 4.68. The van der Waals surface area contributed by atoms with Crippen LogP contribution in [0.15, 0.2) is 72.8 Å². The first-order valence-electron chi connectivity index (χ1n) is 10.8. The number of aryl methyl sites for hydroxylation is 1. The van der Waals surface area contributed by atoms with Gasteiger partial charge in [0.1, 0.15) is 0 Å². The van der Waals surface area contributed by atoms with E-state index in [2.05, 4.69) is 5.32 Å². The first kappa shape index (κ1) is 17.2. The second kappa shape index (κ2) is 10.2. The molecule has 4 nitrogen and oxygen atoms in total. The predicted octanol–water partition coefficient (Wildman–Crippen LogP) is 4.96. The molecule has 0 heterocycles. The number of benzene rings is 3. The predicted molar refractivity (Wildman–Crippen MR) is 116 cm³/mol. The Morgan fingerprint density at radius 1 is 1.07 bits per heavy atom. The molecule has 0 saturated carbocycles. The number of aliphatic hydroxyl groups is 1. The molecule has 0 amide bonds. The summed E-state index contributed by atoms with van der Waals surface area (Å²) >= 11 is 5.91. The van der Waals surface area contributed by atoms with Gasteiger partial charge in [0.05, 0.1) is 13.0 Å². The van der Waals surface area contributed by atoms with Gasteiger partial charge in [0.2, 0.25) is 0 Å². The van der Waals surface area contributed by atoms with E-state index in [4.69, 9.17) is 15.7 Å². The fraction of sp³-hybridized carbons (Fsp3) is 0.208. The van der Waals surface area contributed by atoms with E-state index in [9.17, 15) is 15.0 Å². The van der Waals surface area contributed by atoms with Crippen LogP contribution < -0.4 is 5.32 Å². The molecular weight excluding hydrogens is 386 g/mol. The average Bonchev–Trinajstić information content (AvgIpc) is 2.77. The Bertz CT molecular complexity index is 1110. The van der Waals surface area contributed by atoms with Gasteiger partial charge >= 0.3 is 5.97 Å². The second-order valence-corrected chi connectivity index (χ2v) is 7.04. The zero-order valence-electron chi connectivity index (χ0n) is 18.7. The van der Waals surface area contributed by atoms with Gasteiger partial charge in [-0.3, -0.25) is 0 Å². The molecule has 0 saturated heterocycles. The largest absolute Gasteiger partial charge is 0.478 e. The maximum atomic E-state index is 11.2. The van der Waals surface area contributed by atoms with Crippen molar-refractivity contribution in [1.29, 1.82) is 0 Å². The van der Waals surface area contributed by atoms with E-state index in [0.717, 1.165) is 16.7 Å². The Morgan fingerprint density at radius 2 is 1.79 bits per heavy atom. The van der Waals surface area contributed by atoms with Gasteiger partial charge in [-0.15, -0.1) is 0 Å². The number of hydrogen-bond acceptors (Lipinski definition) is 3. The van der Waals surface area contributed by atoms with Crippen molar-refractivity contribution in [3.05, 3.63) is 94.5 Å². The molecule has 0 spiro atoms. The molecule has 0 aromatic heterocycles. The van der Waals surface area contributed by atoms with Gasteiger partial charge in [-0.2, -0.15) is 0 Å². The molecule has 5 heteroatoms. The van der Waals surface area contributed by atoms with Crippen LogP contribution in [0.5, 0.6) is 0 Å². The maximum Gasteiger partial charge on any atom is 0.335 e. The van der Waals surface area contributed by atoms with E-state index in [-0.39, 0.29) is 17.7 Å². The second-order valence-electron chi connectivity index (χ2n) is 6.60. The van der Waals surface area contributed by atoms with Gasteiger partial charge in [-0.25, -0.2) is 4.79 Å². The van der Waals surface area contributed by atoms with Gasteiger partial charge < -0.3 is 15.5 Å². The van der Waals surface area contributed by atoms with Gasteiger partial charge in [0, 0.05) is 14.3 Å². The summed E-state index contributed by atoms with van der Waals surface area (Å²) in [6, 6.07) is 20.5. The lowest BCUT2D eigenvalue weighted by Gasteiger charge is -2.12. The molecule has 0 fully saturated rings. The van der Waals surface area contributed by atoms with E-state index in [0.29, 0.717) is 17.9 Å². The summed E-state index contributed by atoms with van der Waals surface area (Å²) in [5.74, 6) is -0.976. The van der Waals surface area contributed by atoms with Crippen LogP contribution in [0, 0.1) is 0 Å². The number of nitrogens with one attached hydrogen (secondary N) is 1. The van der Waals surface area contributed by atoms with Gasteiger partial charge in [0.15, 0.2) is 0 Å². The minimum atomic E-state index is -2.51. The van der Waals surface area contributed by atoms with E-state index >= 15 is 0 Å². The van der Waals surface area contributed by atoms with Gasteiger partial charge in [0.25, 0.3) is 0 Å². The van der Waals surface area contributed by atoms with Crippen LogP contribution in [0.25, 0.3) is 11.1 Å². The third kappa shape index (κ3) is 6.16. The summed E-state index contributed by atoms with van der Waals surface area (Å²) in [5.41, 5.74) is 3.01. The van der Waals surface area contributed by atoms with Crippen LogP contribution in [0.4, 0.5) is 0 Å². The molecule has 0 aliphatic heterocycles. The van der Waals surface area contributed by atoms with E-state index in [1.165, 1.54) is 12.1 Å². The highest BCUT2D eigenvalue weighted by atomic mass is 35.5. The zero-order chi connectivity index (χ0) is 23.4. The zero-order valence-corrected chi connectivity index (χ0v) is 16.5. The van der Waals surface area contributed by atoms with Gasteiger partial charge in [-0.1, -0.05) is 60.1 Å². The van der Waals surface area contributed by atoms with Crippen molar-refractivity contribution >= 4 is 17.6 Å². The maximum absolute atomic E-state index is 11.2. The summed E-state index contributed by atoms with van der Waals surface area (Å²) in [6.45, 7) is -2.15. The van der Waals surface area contributed by atoms with E-state index < -0.39 is 18.5 Å². The SMILES string of the molecule is [2H]C([2H])(NCCCc1cccc(-c2cccc(C(=O)O)c2)c1)[C@]([2H])(O)c1cccc(Cl)c1. The Morgan fingerprint density at radius 3 is 2.55 bits per heavy atom. The number of hydrogen-bond donors (Lipinski definition) is 3. The Balaban J connectivity index is 1.61. The molecule has 150 valence electrons. The lowest BCUT2D eigenvalue weighted by atomic mass is 9.99. The monoisotopic (exact) mass is 412 g/mol. The molecule has 3 aromatic rings. The van der Waals surface area contributed by atoms with Crippen LogP contribution in [0.2, 0.25) is 5.02 Å². The number of carboxylic acids is 1. The number of carboxylic acid groups (broad SMARTS) is 1. The smallest absolute Gasteiger partial charge is 0.335 e. The molecular formula is C24H24ClNO3. The lowest BCUT2D eigenvalue weighted by molar-refractivity contribution is 0.0697. The fourth-order valence-electron chi connectivity index (χ4n) is 2.97. The number of aromatic carboxylic acids is 1. The van der Waals surface area contributed by atoms with Crippen molar-refractivity contribution < 1.29 is 19.1 Å². The first-order chi connectivity index (χ1) is 15.1. The van der Waals surface area contributed by atoms with Crippen molar-refractivity contribution in [3.8, 4) is 11.1 Å². The van der Waals surface area contributed by atoms with Gasteiger partial charge in [-0.05, 0) is 65.9 Å². The van der Waals surface area contributed by atoms with Crippen LogP contribution >= 0.6 is 11.6 Å². The molecule has 0 unspecified atom stereocenters. The topological polar surface area (TPSA) is 69.6 Å². The Kier molecular flexibility index (Phi) is 6.06. The van der Waals surface area contributed by atoms with Crippen molar-refractivity contribution in [2.45, 2.75) is 18.9 Å². The minimum absolute atomic E-state index is 0.0683. The normalized spacial score (nSPS) is 15.0. The van der Waals surface area contributed by atoms with E-state index in [1.807, 2.05) is 30.3 Å². The highest BCUT2D eigenvalue weighted by molar-refractivity contribution is 6.30. The highest BCUT2D eigenvalue weighted by Crippen LogP contribution is 2.22. The summed E-state index contributed by atoms with van der Waals surface area (Å²) in [7, 11) is 0. The Hall–Kier alpha value is -2.66. The summed E-state index contributed by atoms with van der Waals surface area (Å²) < 4.78 is 24.5. The molecule has 0 aliphatic carbocycles. The molecule has 0 radical (unpaired) electrons. The molecule has 0 aliphatic rings. The molecule has 3 aromatic carbocycles. The molecule has 29 heavy (non-hydrogen) atoms. The minimum Gasteiger partial charge on any atom is -0.478 e. The van der Waals surface area contributed by atoms with Crippen molar-refractivity contribution in [2.24, 2.45) is 0 Å². The molecule has 0 bridgehead atoms. The van der Waals surface area contributed by atoms with Crippen molar-refractivity contribution in [3.63, 3.8) is 0 Å². The average molecular weight is 413 g/mol. The number of carbonyl (C=O) groups is 1. The van der Waals surface area contributed by atoms with E-state index in [1.54, 1.807) is 30.3 Å². The molecule has 3 rings (SSSR count). The van der Waals surface area contributed by atoms with Crippen LogP contribution in [0.3, 0.4) is 0 Å². The van der Waals surface area contributed by atoms with Crippen LogP contribution in [-0.2, 0) is 6.42 Å². The van der Waals surface area contributed by atoms with Crippen LogP contribution in [0.1, 0.15) is 38.1 Å². The Labute approximate surface area is 180 Å². The standard InChI is InChI=1S/C24H24ClNO3/c25-22-11-3-9-20(15-22)23(27)16-26-12-4-6-17-5-1-7-18(13-17)19-8-2-10-21(14-19)24(28)29/h1-3,5,7-11,13-15,23,26-27H,4,6,12,16H2,(H,28,29)/t23-/m0/s1/i16D2,23D. The number of halogens is 1. The fourth-order valence-corrected chi connectivity index (χ4v) is 3.16. The summed E-state index contributed by atoms with van der Waals surface area (Å²) in [4.78, 5) is 11.2. The first-order valence-corrected chi connectivity index (χ1v) is 9.64. The quantitative estimate of drug-likeness (QED) is 0.434.